The van der Waals surface area contributed by atoms with Gasteiger partial charge in [-0.15, -0.1) is 0 Å². The van der Waals surface area contributed by atoms with E-state index >= 15 is 0 Å². The van der Waals surface area contributed by atoms with E-state index in [1.165, 1.54) is 6.07 Å². The highest BCUT2D eigenvalue weighted by Crippen LogP contribution is 2.25. The maximum absolute atomic E-state index is 12.5. The minimum atomic E-state index is -0.667. The van der Waals surface area contributed by atoms with Crippen LogP contribution in [0.25, 0.3) is 11.0 Å². The van der Waals surface area contributed by atoms with Crippen molar-refractivity contribution in [2.75, 3.05) is 18.0 Å². The summed E-state index contributed by atoms with van der Waals surface area (Å²) in [6.45, 7) is 2.85. The van der Waals surface area contributed by atoms with Crippen LogP contribution in [0.1, 0.15) is 22.3 Å². The van der Waals surface area contributed by atoms with Crippen molar-refractivity contribution >= 4 is 28.5 Å². The summed E-state index contributed by atoms with van der Waals surface area (Å²) in [5.74, 6) is -0.459. The Kier molecular flexibility index (Phi) is 4.69. The number of fused-ring (bicyclic) bond motifs is 1. The van der Waals surface area contributed by atoms with Gasteiger partial charge in [0.15, 0.2) is 0 Å². The maximum Gasteiger partial charge on any atom is 0.349 e. The lowest BCUT2D eigenvalue weighted by molar-refractivity contribution is -0.117. The highest BCUT2D eigenvalue weighted by Gasteiger charge is 2.31. The lowest BCUT2D eigenvalue weighted by Crippen LogP contribution is -2.33. The first-order valence-corrected chi connectivity index (χ1v) is 9.19. The normalized spacial score (nSPS) is 16.5. The average Bonchev–Trinajstić information content (AvgIpc) is 3.07. The molecule has 0 aliphatic carbocycles. The zero-order chi connectivity index (χ0) is 19.7. The van der Waals surface area contributed by atoms with Gasteiger partial charge in [0.25, 0.3) is 5.91 Å². The third-order valence-electron chi connectivity index (χ3n) is 4.99. The van der Waals surface area contributed by atoms with Crippen molar-refractivity contribution in [2.45, 2.75) is 13.3 Å². The number of hydrogen-bond acceptors (Lipinski definition) is 4. The van der Waals surface area contributed by atoms with E-state index in [4.69, 9.17) is 4.42 Å². The van der Waals surface area contributed by atoms with E-state index in [1.807, 2.05) is 37.3 Å². The van der Waals surface area contributed by atoms with E-state index in [0.717, 1.165) is 11.3 Å². The number of carbonyl (C=O) groups excluding carboxylic acids is 2. The van der Waals surface area contributed by atoms with Crippen LogP contribution < -0.4 is 15.8 Å². The third-order valence-corrected chi connectivity index (χ3v) is 4.99. The summed E-state index contributed by atoms with van der Waals surface area (Å²) < 4.78 is 5.21. The zero-order valence-corrected chi connectivity index (χ0v) is 15.5. The van der Waals surface area contributed by atoms with E-state index in [1.54, 1.807) is 23.1 Å². The molecule has 0 saturated carbocycles. The molecule has 28 heavy (non-hydrogen) atoms. The molecule has 2 aromatic carbocycles. The van der Waals surface area contributed by atoms with Gasteiger partial charge in [-0.1, -0.05) is 35.9 Å². The summed E-state index contributed by atoms with van der Waals surface area (Å²) >= 11 is 0. The number of hydrogen-bond donors (Lipinski definition) is 1. The predicted octanol–water partition coefficient (Wildman–Crippen LogP) is 2.88. The molecule has 4 rings (SSSR count). The van der Waals surface area contributed by atoms with Crippen LogP contribution in [-0.2, 0) is 4.79 Å². The first-order valence-electron chi connectivity index (χ1n) is 9.19. The van der Waals surface area contributed by atoms with E-state index in [-0.39, 0.29) is 17.4 Å². The molecule has 2 amide bonds. The second-order valence-electron chi connectivity index (χ2n) is 7.11. The molecule has 1 unspecified atom stereocenters. The Morgan fingerprint density at radius 3 is 2.68 bits per heavy atom. The summed E-state index contributed by atoms with van der Waals surface area (Å²) in [5, 5.41) is 3.46. The van der Waals surface area contributed by atoms with E-state index in [2.05, 4.69) is 5.32 Å². The molecule has 142 valence electrons. The summed E-state index contributed by atoms with van der Waals surface area (Å²) in [5.41, 5.74) is 1.74. The molecule has 1 N–H and O–H groups in total. The number of nitrogens with zero attached hydrogens (tertiary/aromatic N) is 1. The van der Waals surface area contributed by atoms with Gasteiger partial charge in [-0.3, -0.25) is 9.59 Å². The van der Waals surface area contributed by atoms with Crippen molar-refractivity contribution in [1.29, 1.82) is 0 Å². The number of rotatable bonds is 4. The van der Waals surface area contributed by atoms with Crippen molar-refractivity contribution < 1.29 is 14.0 Å². The molecule has 0 radical (unpaired) electrons. The molecule has 1 atom stereocenters. The summed E-state index contributed by atoms with van der Waals surface area (Å²) in [4.78, 5) is 38.6. The minimum Gasteiger partial charge on any atom is -0.422 e. The Morgan fingerprint density at radius 2 is 1.89 bits per heavy atom. The summed E-state index contributed by atoms with van der Waals surface area (Å²) in [6.07, 6.45) is 0.362. The molecule has 1 aliphatic heterocycles. The van der Waals surface area contributed by atoms with Crippen LogP contribution >= 0.6 is 0 Å². The van der Waals surface area contributed by atoms with Crippen LogP contribution in [0.3, 0.4) is 0 Å². The van der Waals surface area contributed by atoms with E-state index in [9.17, 15) is 14.4 Å². The molecular weight excluding hydrogens is 356 g/mol. The number of amides is 2. The van der Waals surface area contributed by atoms with Crippen molar-refractivity contribution in [3.63, 3.8) is 0 Å². The van der Waals surface area contributed by atoms with Gasteiger partial charge in [-0.05, 0) is 31.2 Å². The smallest absolute Gasteiger partial charge is 0.349 e. The second-order valence-corrected chi connectivity index (χ2v) is 7.11. The Hall–Kier alpha value is -3.41. The molecule has 1 aliphatic rings. The summed E-state index contributed by atoms with van der Waals surface area (Å²) in [7, 11) is 0. The lowest BCUT2D eigenvalue weighted by atomic mass is 10.1. The quantitative estimate of drug-likeness (QED) is 0.710. The predicted molar refractivity (Wildman–Crippen MR) is 106 cm³/mol. The Balaban J connectivity index is 1.43. The van der Waals surface area contributed by atoms with E-state index < -0.39 is 11.5 Å². The zero-order valence-electron chi connectivity index (χ0n) is 15.5. The Bertz CT molecular complexity index is 1100. The lowest BCUT2D eigenvalue weighted by Gasteiger charge is -2.17. The fourth-order valence-electron chi connectivity index (χ4n) is 3.45. The molecule has 3 aromatic rings. The minimum absolute atomic E-state index is 0.00903. The monoisotopic (exact) mass is 376 g/mol. The number of benzene rings is 2. The first-order chi connectivity index (χ1) is 13.5. The fourth-order valence-corrected chi connectivity index (χ4v) is 3.45. The molecule has 0 spiro atoms. The Morgan fingerprint density at radius 1 is 1.14 bits per heavy atom. The van der Waals surface area contributed by atoms with Crippen LogP contribution in [0.4, 0.5) is 5.69 Å². The highest BCUT2D eigenvalue weighted by molar-refractivity contribution is 5.97. The molecule has 6 nitrogen and oxygen atoms in total. The van der Waals surface area contributed by atoms with Crippen molar-refractivity contribution in [1.82, 2.24) is 5.32 Å². The van der Waals surface area contributed by atoms with Gasteiger partial charge in [0, 0.05) is 36.5 Å². The van der Waals surface area contributed by atoms with Crippen LogP contribution in [0.15, 0.2) is 63.8 Å². The number of para-hydroxylation sites is 1. The van der Waals surface area contributed by atoms with Crippen molar-refractivity contribution in [2.24, 2.45) is 5.92 Å². The van der Waals surface area contributed by atoms with Gasteiger partial charge in [0.05, 0.1) is 0 Å². The third kappa shape index (κ3) is 3.53. The van der Waals surface area contributed by atoms with Gasteiger partial charge < -0.3 is 14.6 Å². The Labute approximate surface area is 161 Å². The molecular formula is C22H20N2O4. The molecule has 0 bridgehead atoms. The van der Waals surface area contributed by atoms with Crippen molar-refractivity contribution in [3.05, 3.63) is 76.1 Å². The number of nitrogens with one attached hydrogen (secondary N) is 1. The largest absolute Gasteiger partial charge is 0.422 e. The average molecular weight is 376 g/mol. The number of aryl methyl sites for hydroxylation is 1. The van der Waals surface area contributed by atoms with E-state index in [0.29, 0.717) is 30.5 Å². The molecule has 1 fully saturated rings. The van der Waals surface area contributed by atoms with Gasteiger partial charge in [-0.2, -0.15) is 0 Å². The second kappa shape index (κ2) is 7.31. The molecule has 1 aromatic heterocycles. The van der Waals surface area contributed by atoms with Crippen LogP contribution in [-0.4, -0.2) is 24.9 Å². The van der Waals surface area contributed by atoms with Gasteiger partial charge in [0.1, 0.15) is 11.1 Å². The van der Waals surface area contributed by atoms with Gasteiger partial charge >= 0.3 is 5.63 Å². The van der Waals surface area contributed by atoms with Crippen LogP contribution in [0.2, 0.25) is 0 Å². The molecule has 1 saturated heterocycles. The highest BCUT2D eigenvalue weighted by atomic mass is 16.4. The number of carbonyl (C=O) groups is 2. The van der Waals surface area contributed by atoms with Gasteiger partial charge in [-0.25, -0.2) is 4.79 Å². The van der Waals surface area contributed by atoms with Crippen LogP contribution in [0, 0.1) is 12.8 Å². The van der Waals surface area contributed by atoms with Crippen molar-refractivity contribution in [3.8, 4) is 0 Å². The first kappa shape index (κ1) is 18.0. The SMILES string of the molecule is Cc1ccc(N2CC(CNC(=O)c3cc4ccccc4oc3=O)CC2=O)cc1. The maximum atomic E-state index is 12.5. The number of anilines is 1. The molecule has 2 heterocycles. The standard InChI is InChI=1S/C22H20N2O4/c1-14-6-8-17(9-7-14)24-13-15(10-20(24)25)12-23-21(26)18-11-16-4-2-3-5-19(16)28-22(18)27/h2-9,11,15H,10,12-13H2,1H3,(H,23,26). The molecule has 6 heteroatoms. The fraction of sp³-hybridized carbons (Fsp3) is 0.227. The topological polar surface area (TPSA) is 79.6 Å². The van der Waals surface area contributed by atoms with Gasteiger partial charge in [0.2, 0.25) is 5.91 Å². The van der Waals surface area contributed by atoms with Crippen LogP contribution in [0.5, 0.6) is 0 Å². The summed E-state index contributed by atoms with van der Waals surface area (Å²) in [6, 6.07) is 16.4.